The van der Waals surface area contributed by atoms with E-state index in [9.17, 15) is 9.59 Å². The molecule has 1 aliphatic rings. The first-order valence-electron chi connectivity index (χ1n) is 6.77. The van der Waals surface area contributed by atoms with Crippen molar-refractivity contribution in [3.05, 3.63) is 20.8 Å². The van der Waals surface area contributed by atoms with Gasteiger partial charge < -0.3 is 10.0 Å². The van der Waals surface area contributed by atoms with Gasteiger partial charge >= 0.3 is 5.97 Å². The van der Waals surface area contributed by atoms with Gasteiger partial charge in [-0.1, -0.05) is 0 Å². The molecule has 2 atom stereocenters. The molecule has 2 rings (SSSR count). The van der Waals surface area contributed by atoms with Gasteiger partial charge in [0, 0.05) is 17.3 Å². The molecule has 1 aromatic heterocycles. The monoisotopic (exact) mass is 359 g/mol. The van der Waals surface area contributed by atoms with Gasteiger partial charge in [-0.15, -0.1) is 11.3 Å². The first kappa shape index (κ1) is 15.5. The minimum atomic E-state index is -0.773. The molecule has 1 aliphatic carbocycles. The highest BCUT2D eigenvalue weighted by Gasteiger charge is 2.35. The van der Waals surface area contributed by atoms with Crippen molar-refractivity contribution >= 4 is 39.1 Å². The van der Waals surface area contributed by atoms with E-state index in [1.54, 1.807) is 11.3 Å². The molecule has 0 aliphatic heterocycles. The van der Waals surface area contributed by atoms with Crippen LogP contribution in [0.3, 0.4) is 0 Å². The van der Waals surface area contributed by atoms with Gasteiger partial charge in [-0.3, -0.25) is 9.59 Å². The van der Waals surface area contributed by atoms with Gasteiger partial charge in [-0.2, -0.15) is 0 Å². The maximum absolute atomic E-state index is 12.5. The van der Waals surface area contributed by atoms with E-state index in [1.165, 1.54) is 0 Å². The second kappa shape index (κ2) is 6.72. The third kappa shape index (κ3) is 3.61. The van der Waals surface area contributed by atoms with Crippen LogP contribution >= 0.6 is 27.3 Å². The summed E-state index contributed by atoms with van der Waals surface area (Å²) in [6.45, 7) is 3.23. The Balaban J connectivity index is 1.97. The summed E-state index contributed by atoms with van der Waals surface area (Å²) in [6.07, 6.45) is 1.80. The number of carbonyl (C=O) groups is 2. The predicted molar refractivity (Wildman–Crippen MR) is 81.6 cm³/mol. The molecule has 1 N–H and O–H groups in total. The quantitative estimate of drug-likeness (QED) is 0.876. The molecule has 1 fully saturated rings. The Bertz CT molecular complexity index is 502. The van der Waals surface area contributed by atoms with Crippen LogP contribution in [-0.2, 0) is 16.1 Å². The van der Waals surface area contributed by atoms with Crippen molar-refractivity contribution in [2.45, 2.75) is 32.7 Å². The second-order valence-electron chi connectivity index (χ2n) is 5.10. The lowest BCUT2D eigenvalue weighted by Crippen LogP contribution is -2.34. The molecule has 0 spiro atoms. The van der Waals surface area contributed by atoms with Gasteiger partial charge in [0.15, 0.2) is 0 Å². The molecule has 0 bridgehead atoms. The predicted octanol–water partition coefficient (Wildman–Crippen LogP) is 3.36. The van der Waals surface area contributed by atoms with Gasteiger partial charge in [0.25, 0.3) is 0 Å². The number of carboxylic acid groups (broad SMARTS) is 1. The first-order valence-corrected chi connectivity index (χ1v) is 8.38. The Hall–Kier alpha value is -0.880. The Labute approximate surface area is 130 Å². The molecule has 6 heteroatoms. The molecule has 1 saturated carbocycles. The van der Waals surface area contributed by atoms with Crippen LogP contribution in [0.15, 0.2) is 15.9 Å². The summed E-state index contributed by atoms with van der Waals surface area (Å²) >= 11 is 5.05. The van der Waals surface area contributed by atoms with Gasteiger partial charge in [0.05, 0.1) is 16.2 Å². The molecule has 0 saturated heterocycles. The second-order valence-corrected chi connectivity index (χ2v) is 7.65. The fraction of sp³-hybridized carbons (Fsp3) is 0.571. The smallest absolute Gasteiger partial charge is 0.306 e. The number of hydrogen-bond acceptors (Lipinski definition) is 3. The third-order valence-corrected chi connectivity index (χ3v) is 5.41. The number of thiophene rings is 1. The largest absolute Gasteiger partial charge is 0.481 e. The third-order valence-electron chi connectivity index (χ3n) is 3.80. The highest BCUT2D eigenvalue weighted by Crippen LogP contribution is 2.33. The summed E-state index contributed by atoms with van der Waals surface area (Å²) in [4.78, 5) is 26.4. The fourth-order valence-electron chi connectivity index (χ4n) is 2.66. The molecule has 20 heavy (non-hydrogen) atoms. The summed E-state index contributed by atoms with van der Waals surface area (Å²) in [5, 5.41) is 9.02. The number of hydrogen-bond donors (Lipinski definition) is 1. The van der Waals surface area contributed by atoms with E-state index in [0.717, 1.165) is 8.66 Å². The molecular formula is C14H18BrNO3S. The van der Waals surface area contributed by atoms with Crippen LogP contribution in [-0.4, -0.2) is 28.4 Å². The van der Waals surface area contributed by atoms with Crippen molar-refractivity contribution < 1.29 is 14.7 Å². The molecule has 4 nitrogen and oxygen atoms in total. The normalized spacial score (nSPS) is 21.9. The Morgan fingerprint density at radius 2 is 2.10 bits per heavy atom. The van der Waals surface area contributed by atoms with Crippen LogP contribution in [0.4, 0.5) is 0 Å². The lowest BCUT2D eigenvalue weighted by Gasteiger charge is -2.23. The zero-order valence-electron chi connectivity index (χ0n) is 11.3. The Kier molecular flexibility index (Phi) is 5.21. The minimum absolute atomic E-state index is 0.0979. The van der Waals surface area contributed by atoms with Crippen molar-refractivity contribution in [2.75, 3.05) is 6.54 Å². The standard InChI is InChI=1S/C14H18BrNO3S/c1-2-16(8-11-5-6-12(15)20-11)13(17)9-3-4-10(7-9)14(18)19/h5-6,9-10H,2-4,7-8H2,1H3,(H,18,19). The highest BCUT2D eigenvalue weighted by molar-refractivity contribution is 9.11. The SMILES string of the molecule is CCN(Cc1ccc(Br)s1)C(=O)C1CCC(C(=O)O)C1. The van der Waals surface area contributed by atoms with Crippen molar-refractivity contribution in [3.8, 4) is 0 Å². The summed E-state index contributed by atoms with van der Waals surface area (Å²) < 4.78 is 1.06. The van der Waals surface area contributed by atoms with Gasteiger partial charge in [0.2, 0.25) is 5.91 Å². The fourth-order valence-corrected chi connectivity index (χ4v) is 4.16. The lowest BCUT2D eigenvalue weighted by molar-refractivity contribution is -0.141. The molecule has 1 aromatic rings. The summed E-state index contributed by atoms with van der Waals surface area (Å²) in [5.74, 6) is -1.15. The first-order chi connectivity index (χ1) is 9.51. The average Bonchev–Trinajstić information content (AvgIpc) is 3.04. The zero-order valence-corrected chi connectivity index (χ0v) is 13.7. The summed E-state index contributed by atoms with van der Waals surface area (Å²) in [7, 11) is 0. The van der Waals surface area contributed by atoms with E-state index < -0.39 is 5.97 Å². The zero-order chi connectivity index (χ0) is 14.7. The van der Waals surface area contributed by atoms with Gasteiger partial charge in [0.1, 0.15) is 0 Å². The maximum Gasteiger partial charge on any atom is 0.306 e. The molecule has 0 aromatic carbocycles. The Morgan fingerprint density at radius 3 is 2.60 bits per heavy atom. The van der Waals surface area contributed by atoms with Crippen LogP contribution in [0.5, 0.6) is 0 Å². The molecule has 2 unspecified atom stereocenters. The molecule has 110 valence electrons. The van der Waals surface area contributed by atoms with E-state index in [2.05, 4.69) is 15.9 Å². The van der Waals surface area contributed by atoms with Crippen LogP contribution in [0, 0.1) is 11.8 Å². The number of carbonyl (C=O) groups excluding carboxylic acids is 1. The number of carboxylic acids is 1. The topological polar surface area (TPSA) is 57.6 Å². The molecule has 1 heterocycles. The number of halogens is 1. The molecule has 1 amide bonds. The van der Waals surface area contributed by atoms with Crippen LogP contribution in [0.25, 0.3) is 0 Å². The average molecular weight is 360 g/mol. The van der Waals surface area contributed by atoms with Crippen molar-refractivity contribution in [1.82, 2.24) is 4.90 Å². The van der Waals surface area contributed by atoms with Crippen molar-refractivity contribution in [2.24, 2.45) is 11.8 Å². The number of amides is 1. The van der Waals surface area contributed by atoms with Crippen molar-refractivity contribution in [3.63, 3.8) is 0 Å². The van der Waals surface area contributed by atoms with E-state index in [-0.39, 0.29) is 17.7 Å². The van der Waals surface area contributed by atoms with Crippen molar-refractivity contribution in [1.29, 1.82) is 0 Å². The van der Waals surface area contributed by atoms with Gasteiger partial charge in [-0.05, 0) is 54.2 Å². The maximum atomic E-state index is 12.5. The van der Waals surface area contributed by atoms with E-state index >= 15 is 0 Å². The van der Waals surface area contributed by atoms with Crippen LogP contribution in [0.2, 0.25) is 0 Å². The Morgan fingerprint density at radius 1 is 1.40 bits per heavy atom. The molecular weight excluding hydrogens is 342 g/mol. The lowest BCUT2D eigenvalue weighted by atomic mass is 10.0. The van der Waals surface area contributed by atoms with Crippen LogP contribution < -0.4 is 0 Å². The van der Waals surface area contributed by atoms with Gasteiger partial charge in [-0.25, -0.2) is 0 Å². The summed E-state index contributed by atoms with van der Waals surface area (Å²) in [6, 6.07) is 3.99. The van der Waals surface area contributed by atoms with Crippen LogP contribution in [0.1, 0.15) is 31.1 Å². The summed E-state index contributed by atoms with van der Waals surface area (Å²) in [5.41, 5.74) is 0. The highest BCUT2D eigenvalue weighted by atomic mass is 79.9. The minimum Gasteiger partial charge on any atom is -0.481 e. The van der Waals surface area contributed by atoms with E-state index in [0.29, 0.717) is 32.4 Å². The number of aliphatic carboxylic acids is 1. The molecule has 0 radical (unpaired) electrons. The van der Waals surface area contributed by atoms with E-state index in [4.69, 9.17) is 5.11 Å². The number of nitrogens with zero attached hydrogens (tertiary/aromatic N) is 1. The van der Waals surface area contributed by atoms with E-state index in [1.807, 2.05) is 24.0 Å². The number of rotatable bonds is 5.